The number of halogens is 1. The van der Waals surface area contributed by atoms with Crippen molar-refractivity contribution in [1.29, 1.82) is 0 Å². The maximum atomic E-state index is 11.8. The van der Waals surface area contributed by atoms with Gasteiger partial charge in [0, 0.05) is 12.1 Å². The lowest BCUT2D eigenvalue weighted by Gasteiger charge is -2.24. The number of rotatable bonds is 3. The van der Waals surface area contributed by atoms with Crippen LogP contribution in [0.25, 0.3) is 0 Å². The minimum atomic E-state index is -0.436. The number of likely N-dealkylation sites (N-methyl/N-ethyl adjacent to an activating group) is 1. The van der Waals surface area contributed by atoms with Crippen LogP contribution in [0.5, 0.6) is 5.75 Å². The average Bonchev–Trinajstić information content (AvgIpc) is 2.43. The molecule has 0 fully saturated rings. The molecule has 1 heterocycles. The van der Waals surface area contributed by atoms with Gasteiger partial charge < -0.3 is 14.8 Å². The van der Waals surface area contributed by atoms with Gasteiger partial charge in [0.25, 0.3) is 5.91 Å². The molecule has 1 atom stereocenters. The van der Waals surface area contributed by atoms with Gasteiger partial charge in [-0.1, -0.05) is 11.6 Å². The normalized spacial score (nSPS) is 17.1. The number of nitrogens with one attached hydrogen (secondary N) is 1. The monoisotopic (exact) mass is 283 g/mol. The molecule has 1 amide bonds. The van der Waals surface area contributed by atoms with Gasteiger partial charge in [-0.05, 0) is 30.2 Å². The van der Waals surface area contributed by atoms with Crippen molar-refractivity contribution in [1.82, 2.24) is 5.32 Å². The molecule has 0 saturated heterocycles. The molecule has 102 valence electrons. The molecule has 1 N–H and O–H groups in total. The second kappa shape index (κ2) is 5.93. The van der Waals surface area contributed by atoms with Gasteiger partial charge in [0.15, 0.2) is 6.61 Å². The Hall–Kier alpha value is -1.75. The lowest BCUT2D eigenvalue weighted by Crippen LogP contribution is -2.32. The molecule has 0 saturated carbocycles. The first-order valence-corrected chi connectivity index (χ1v) is 6.26. The zero-order valence-corrected chi connectivity index (χ0v) is 11.2. The van der Waals surface area contributed by atoms with Crippen molar-refractivity contribution in [2.45, 2.75) is 6.42 Å². The van der Waals surface area contributed by atoms with Crippen LogP contribution in [0.2, 0.25) is 5.02 Å². The Morgan fingerprint density at radius 3 is 3.05 bits per heavy atom. The fraction of sp³-hybridized carbons (Fsp3) is 0.385. The minimum absolute atomic E-state index is 0.251. The van der Waals surface area contributed by atoms with Crippen molar-refractivity contribution in [3.8, 4) is 5.75 Å². The lowest BCUT2D eigenvalue weighted by atomic mass is 9.97. The van der Waals surface area contributed by atoms with Crippen molar-refractivity contribution >= 4 is 23.5 Å². The Bertz CT molecular complexity index is 503. The fourth-order valence-electron chi connectivity index (χ4n) is 1.84. The van der Waals surface area contributed by atoms with Crippen LogP contribution in [-0.2, 0) is 20.7 Å². The van der Waals surface area contributed by atoms with E-state index in [1.807, 2.05) is 0 Å². The van der Waals surface area contributed by atoms with Crippen LogP contribution in [-0.4, -0.2) is 32.1 Å². The molecule has 1 aromatic rings. The number of amides is 1. The van der Waals surface area contributed by atoms with Gasteiger partial charge in [-0.25, -0.2) is 0 Å². The van der Waals surface area contributed by atoms with Crippen LogP contribution in [0.4, 0.5) is 0 Å². The van der Waals surface area contributed by atoms with Crippen molar-refractivity contribution in [2.24, 2.45) is 5.92 Å². The number of carbonyl (C=O) groups excluding carboxylic acids is 2. The third kappa shape index (κ3) is 3.38. The van der Waals surface area contributed by atoms with Gasteiger partial charge in [0.2, 0.25) is 0 Å². The summed E-state index contributed by atoms with van der Waals surface area (Å²) in [7, 11) is 1.48. The molecular formula is C13H14ClNO4. The van der Waals surface area contributed by atoms with Crippen LogP contribution < -0.4 is 10.1 Å². The van der Waals surface area contributed by atoms with E-state index in [1.165, 1.54) is 7.05 Å². The summed E-state index contributed by atoms with van der Waals surface area (Å²) in [5.41, 5.74) is 0.876. The molecule has 1 aromatic carbocycles. The number of fused-ring (bicyclic) bond motifs is 1. The highest BCUT2D eigenvalue weighted by atomic mass is 35.5. The van der Waals surface area contributed by atoms with Crippen LogP contribution in [0.1, 0.15) is 5.56 Å². The molecule has 2 rings (SSSR count). The quantitative estimate of drug-likeness (QED) is 0.846. The molecule has 0 unspecified atom stereocenters. The van der Waals surface area contributed by atoms with E-state index in [4.69, 9.17) is 21.1 Å². The summed E-state index contributed by atoms with van der Waals surface area (Å²) in [6.07, 6.45) is 0.502. The molecule has 19 heavy (non-hydrogen) atoms. The summed E-state index contributed by atoms with van der Waals surface area (Å²) in [6, 6.07) is 5.30. The molecule has 6 heteroatoms. The highest BCUT2D eigenvalue weighted by molar-refractivity contribution is 6.30. The Morgan fingerprint density at radius 1 is 1.53 bits per heavy atom. The number of hydrogen-bond acceptors (Lipinski definition) is 4. The Morgan fingerprint density at radius 2 is 2.32 bits per heavy atom. The van der Waals surface area contributed by atoms with E-state index in [1.54, 1.807) is 18.2 Å². The predicted octanol–water partition coefficient (Wildman–Crippen LogP) is 1.18. The minimum Gasteiger partial charge on any atom is -0.492 e. The van der Waals surface area contributed by atoms with Crippen molar-refractivity contribution in [2.75, 3.05) is 20.3 Å². The van der Waals surface area contributed by atoms with E-state index < -0.39 is 11.9 Å². The number of carbonyl (C=O) groups is 2. The number of esters is 1. The third-order valence-corrected chi connectivity index (χ3v) is 3.12. The predicted molar refractivity (Wildman–Crippen MR) is 69.2 cm³/mol. The molecule has 1 aliphatic heterocycles. The average molecular weight is 284 g/mol. The Labute approximate surface area is 115 Å². The van der Waals surface area contributed by atoms with Crippen LogP contribution in [0.15, 0.2) is 18.2 Å². The summed E-state index contributed by atoms with van der Waals surface area (Å²) in [5.74, 6) is -0.446. The Balaban J connectivity index is 1.97. The van der Waals surface area contributed by atoms with Crippen LogP contribution in [0.3, 0.4) is 0 Å². The van der Waals surface area contributed by atoms with E-state index in [0.29, 0.717) is 11.4 Å². The van der Waals surface area contributed by atoms with Gasteiger partial charge in [-0.2, -0.15) is 0 Å². The maximum absolute atomic E-state index is 11.8. The topological polar surface area (TPSA) is 64.6 Å². The molecule has 0 bridgehead atoms. The zero-order valence-electron chi connectivity index (χ0n) is 10.4. The standard InChI is InChI=1S/C13H14ClNO4/c1-15-12(16)7-19-13(17)9-4-8-5-10(14)2-3-11(8)18-6-9/h2-3,5,9H,4,6-7H2,1H3,(H,15,16)/t9-/m0/s1. The fourth-order valence-corrected chi connectivity index (χ4v) is 2.04. The highest BCUT2D eigenvalue weighted by Crippen LogP contribution is 2.30. The molecule has 0 aromatic heterocycles. The zero-order chi connectivity index (χ0) is 13.8. The largest absolute Gasteiger partial charge is 0.492 e. The van der Waals surface area contributed by atoms with E-state index in [9.17, 15) is 9.59 Å². The number of ether oxygens (including phenoxy) is 2. The first-order chi connectivity index (χ1) is 9.10. The second-order valence-corrected chi connectivity index (χ2v) is 4.68. The highest BCUT2D eigenvalue weighted by Gasteiger charge is 2.27. The SMILES string of the molecule is CNC(=O)COC(=O)[C@@H]1COc2ccc(Cl)cc2C1. The summed E-state index contributed by atoms with van der Waals surface area (Å²) in [4.78, 5) is 22.8. The molecule has 0 spiro atoms. The van der Waals surface area contributed by atoms with Crippen LogP contribution >= 0.6 is 11.6 Å². The van der Waals surface area contributed by atoms with Gasteiger partial charge in [-0.3, -0.25) is 9.59 Å². The van der Waals surface area contributed by atoms with Crippen molar-refractivity contribution in [3.63, 3.8) is 0 Å². The molecule has 5 nitrogen and oxygen atoms in total. The van der Waals surface area contributed by atoms with Gasteiger partial charge in [0.1, 0.15) is 12.4 Å². The summed E-state index contributed by atoms with van der Waals surface area (Å²) in [6.45, 7) is -0.0184. The third-order valence-electron chi connectivity index (χ3n) is 2.89. The summed E-state index contributed by atoms with van der Waals surface area (Å²) in [5, 5.41) is 2.98. The van der Waals surface area contributed by atoms with E-state index >= 15 is 0 Å². The molecule has 0 radical (unpaired) electrons. The van der Waals surface area contributed by atoms with Gasteiger partial charge in [0.05, 0.1) is 5.92 Å². The Kier molecular flexibility index (Phi) is 4.27. The maximum Gasteiger partial charge on any atom is 0.313 e. The smallest absolute Gasteiger partial charge is 0.313 e. The summed E-state index contributed by atoms with van der Waals surface area (Å²) >= 11 is 5.90. The van der Waals surface area contributed by atoms with Crippen LogP contribution in [0, 0.1) is 5.92 Å². The van der Waals surface area contributed by atoms with E-state index in [0.717, 1.165) is 11.3 Å². The lowest BCUT2D eigenvalue weighted by molar-refractivity contribution is -0.153. The van der Waals surface area contributed by atoms with Gasteiger partial charge >= 0.3 is 5.97 Å². The first kappa shape index (κ1) is 13.7. The summed E-state index contributed by atoms with van der Waals surface area (Å²) < 4.78 is 10.4. The number of benzene rings is 1. The molecule has 0 aliphatic carbocycles. The van der Waals surface area contributed by atoms with Gasteiger partial charge in [-0.15, -0.1) is 0 Å². The molecular weight excluding hydrogens is 270 g/mol. The first-order valence-electron chi connectivity index (χ1n) is 5.88. The van der Waals surface area contributed by atoms with E-state index in [-0.39, 0.29) is 19.1 Å². The van der Waals surface area contributed by atoms with Crippen molar-refractivity contribution in [3.05, 3.63) is 28.8 Å². The van der Waals surface area contributed by atoms with E-state index in [2.05, 4.69) is 5.32 Å². The van der Waals surface area contributed by atoms with Crippen molar-refractivity contribution < 1.29 is 19.1 Å². The number of hydrogen-bond donors (Lipinski definition) is 1. The second-order valence-electron chi connectivity index (χ2n) is 4.24. The molecule has 1 aliphatic rings.